The summed E-state index contributed by atoms with van der Waals surface area (Å²) in [6, 6.07) is 7.82. The molecule has 0 saturated carbocycles. The van der Waals surface area contributed by atoms with E-state index in [1.807, 2.05) is 31.2 Å². The summed E-state index contributed by atoms with van der Waals surface area (Å²) < 4.78 is 0. The summed E-state index contributed by atoms with van der Waals surface area (Å²) in [5, 5.41) is 10.1. The van der Waals surface area contributed by atoms with Gasteiger partial charge in [-0.05, 0) is 36.5 Å². The molecule has 1 aromatic carbocycles. The van der Waals surface area contributed by atoms with Crippen LogP contribution in [-0.2, 0) is 5.41 Å². The molecule has 14 heavy (non-hydrogen) atoms. The standard InChI is InChI=1S/C12H17ClO/c1-9(14)8-12(2,3)10-5-4-6-11(13)7-10/h4-7,9,14H,8H2,1-3H3. The van der Waals surface area contributed by atoms with Crippen LogP contribution in [0, 0.1) is 0 Å². The molecule has 1 unspecified atom stereocenters. The number of aliphatic hydroxyl groups excluding tert-OH is 1. The molecule has 0 aliphatic rings. The first-order valence-corrected chi connectivity index (χ1v) is 5.24. The molecule has 0 bridgehead atoms. The van der Waals surface area contributed by atoms with Crippen molar-refractivity contribution in [3.8, 4) is 0 Å². The molecule has 78 valence electrons. The zero-order chi connectivity index (χ0) is 10.8. The first-order chi connectivity index (χ1) is 6.42. The third kappa shape index (κ3) is 3.00. The van der Waals surface area contributed by atoms with E-state index < -0.39 is 0 Å². The van der Waals surface area contributed by atoms with E-state index in [4.69, 9.17) is 11.6 Å². The molecular formula is C12H17ClO. The minimum atomic E-state index is -0.288. The largest absolute Gasteiger partial charge is 0.393 e. The van der Waals surface area contributed by atoms with E-state index in [1.54, 1.807) is 0 Å². The highest BCUT2D eigenvalue weighted by Gasteiger charge is 2.22. The van der Waals surface area contributed by atoms with Crippen LogP contribution in [0.4, 0.5) is 0 Å². The van der Waals surface area contributed by atoms with E-state index in [-0.39, 0.29) is 11.5 Å². The lowest BCUT2D eigenvalue weighted by Gasteiger charge is -2.26. The van der Waals surface area contributed by atoms with Crippen molar-refractivity contribution in [1.82, 2.24) is 0 Å². The van der Waals surface area contributed by atoms with Crippen LogP contribution in [0.1, 0.15) is 32.8 Å². The van der Waals surface area contributed by atoms with Crippen molar-refractivity contribution in [3.63, 3.8) is 0 Å². The molecule has 0 aliphatic carbocycles. The number of benzene rings is 1. The number of rotatable bonds is 3. The third-order valence-electron chi connectivity index (χ3n) is 2.41. The fourth-order valence-electron chi connectivity index (χ4n) is 1.77. The van der Waals surface area contributed by atoms with E-state index in [1.165, 1.54) is 5.56 Å². The number of aliphatic hydroxyl groups is 1. The van der Waals surface area contributed by atoms with E-state index in [2.05, 4.69) is 13.8 Å². The van der Waals surface area contributed by atoms with Gasteiger partial charge in [0, 0.05) is 5.02 Å². The maximum absolute atomic E-state index is 9.39. The van der Waals surface area contributed by atoms with Crippen molar-refractivity contribution < 1.29 is 5.11 Å². The molecule has 1 rings (SSSR count). The minimum Gasteiger partial charge on any atom is -0.393 e. The average Bonchev–Trinajstić information content (AvgIpc) is 2.01. The number of halogens is 1. The minimum absolute atomic E-state index is 0.0287. The van der Waals surface area contributed by atoms with Crippen molar-refractivity contribution in [3.05, 3.63) is 34.9 Å². The number of hydrogen-bond donors (Lipinski definition) is 1. The molecule has 1 nitrogen and oxygen atoms in total. The molecule has 0 amide bonds. The van der Waals surface area contributed by atoms with Gasteiger partial charge in [0.2, 0.25) is 0 Å². The van der Waals surface area contributed by atoms with Gasteiger partial charge in [0.05, 0.1) is 6.10 Å². The lowest BCUT2D eigenvalue weighted by atomic mass is 9.80. The second kappa shape index (κ2) is 4.33. The van der Waals surface area contributed by atoms with E-state index in [0.29, 0.717) is 0 Å². The second-order valence-electron chi connectivity index (χ2n) is 4.45. The van der Waals surface area contributed by atoms with E-state index in [9.17, 15) is 5.11 Å². The Balaban J connectivity index is 2.91. The fourth-order valence-corrected chi connectivity index (χ4v) is 1.96. The van der Waals surface area contributed by atoms with Gasteiger partial charge in [-0.3, -0.25) is 0 Å². The zero-order valence-electron chi connectivity index (χ0n) is 8.92. The Kier molecular flexibility index (Phi) is 3.57. The van der Waals surface area contributed by atoms with Crippen molar-refractivity contribution in [2.45, 2.75) is 38.7 Å². The molecule has 0 radical (unpaired) electrons. The quantitative estimate of drug-likeness (QED) is 0.815. The van der Waals surface area contributed by atoms with E-state index in [0.717, 1.165) is 11.4 Å². The normalized spacial score (nSPS) is 14.1. The van der Waals surface area contributed by atoms with Crippen molar-refractivity contribution in [2.75, 3.05) is 0 Å². The SMILES string of the molecule is CC(O)CC(C)(C)c1cccc(Cl)c1. The molecule has 0 spiro atoms. The van der Waals surface area contributed by atoms with Gasteiger partial charge in [-0.1, -0.05) is 37.6 Å². The summed E-state index contributed by atoms with van der Waals surface area (Å²) in [5.74, 6) is 0. The maximum atomic E-state index is 9.39. The van der Waals surface area contributed by atoms with Crippen LogP contribution in [0.25, 0.3) is 0 Å². The topological polar surface area (TPSA) is 20.2 Å². The van der Waals surface area contributed by atoms with E-state index >= 15 is 0 Å². The zero-order valence-corrected chi connectivity index (χ0v) is 9.67. The summed E-state index contributed by atoms with van der Waals surface area (Å²) in [4.78, 5) is 0. The predicted molar refractivity (Wildman–Crippen MR) is 60.8 cm³/mol. The highest BCUT2D eigenvalue weighted by atomic mass is 35.5. The van der Waals surface area contributed by atoms with Crippen molar-refractivity contribution in [2.24, 2.45) is 0 Å². The van der Waals surface area contributed by atoms with Gasteiger partial charge in [0.25, 0.3) is 0 Å². The highest BCUT2D eigenvalue weighted by molar-refractivity contribution is 6.30. The molecule has 0 fully saturated rings. The lowest BCUT2D eigenvalue weighted by Crippen LogP contribution is -2.22. The molecule has 2 heteroatoms. The second-order valence-corrected chi connectivity index (χ2v) is 4.88. The summed E-state index contributed by atoms with van der Waals surface area (Å²) in [6.45, 7) is 6.04. The van der Waals surface area contributed by atoms with Gasteiger partial charge in [0.15, 0.2) is 0 Å². The van der Waals surface area contributed by atoms with Crippen LogP contribution in [-0.4, -0.2) is 11.2 Å². The van der Waals surface area contributed by atoms with Crippen molar-refractivity contribution >= 4 is 11.6 Å². The molecule has 0 aromatic heterocycles. The Hall–Kier alpha value is -0.530. The summed E-state index contributed by atoms with van der Waals surface area (Å²) in [6.07, 6.45) is 0.455. The van der Waals surface area contributed by atoms with Gasteiger partial charge in [-0.25, -0.2) is 0 Å². The van der Waals surface area contributed by atoms with Gasteiger partial charge >= 0.3 is 0 Å². The number of hydrogen-bond acceptors (Lipinski definition) is 1. The Morgan fingerprint density at radius 3 is 2.57 bits per heavy atom. The molecule has 0 saturated heterocycles. The Morgan fingerprint density at radius 2 is 2.07 bits per heavy atom. The molecule has 0 aliphatic heterocycles. The average molecular weight is 213 g/mol. The smallest absolute Gasteiger partial charge is 0.0520 e. The van der Waals surface area contributed by atoms with Crippen LogP contribution in [0.2, 0.25) is 5.02 Å². The molecule has 0 heterocycles. The predicted octanol–water partition coefficient (Wildman–Crippen LogP) is 3.39. The molecule has 1 N–H and O–H groups in total. The van der Waals surface area contributed by atoms with Gasteiger partial charge < -0.3 is 5.11 Å². The first kappa shape index (κ1) is 11.5. The lowest BCUT2D eigenvalue weighted by molar-refractivity contribution is 0.157. The fraction of sp³-hybridized carbons (Fsp3) is 0.500. The Bertz CT molecular complexity index is 305. The summed E-state index contributed by atoms with van der Waals surface area (Å²) in [5.41, 5.74) is 1.14. The van der Waals surface area contributed by atoms with Crippen LogP contribution in [0.15, 0.2) is 24.3 Å². The van der Waals surface area contributed by atoms with Crippen LogP contribution >= 0.6 is 11.6 Å². The van der Waals surface area contributed by atoms with Crippen LogP contribution in [0.3, 0.4) is 0 Å². The maximum Gasteiger partial charge on any atom is 0.0520 e. The van der Waals surface area contributed by atoms with Gasteiger partial charge in [-0.15, -0.1) is 0 Å². The Morgan fingerprint density at radius 1 is 1.43 bits per heavy atom. The van der Waals surface area contributed by atoms with Gasteiger partial charge in [-0.2, -0.15) is 0 Å². The third-order valence-corrected chi connectivity index (χ3v) is 2.65. The summed E-state index contributed by atoms with van der Waals surface area (Å²) in [7, 11) is 0. The van der Waals surface area contributed by atoms with Crippen molar-refractivity contribution in [1.29, 1.82) is 0 Å². The van der Waals surface area contributed by atoms with Gasteiger partial charge in [0.1, 0.15) is 0 Å². The van der Waals surface area contributed by atoms with Crippen LogP contribution < -0.4 is 0 Å². The Labute approximate surface area is 90.7 Å². The molecular weight excluding hydrogens is 196 g/mol. The highest BCUT2D eigenvalue weighted by Crippen LogP contribution is 2.29. The monoisotopic (exact) mass is 212 g/mol. The molecule has 1 aromatic rings. The summed E-state index contributed by atoms with van der Waals surface area (Å²) >= 11 is 5.92. The molecule has 1 atom stereocenters. The van der Waals surface area contributed by atoms with Crippen LogP contribution in [0.5, 0.6) is 0 Å². The first-order valence-electron chi connectivity index (χ1n) is 4.86.